The fourth-order valence-electron chi connectivity index (χ4n) is 1.36. The summed E-state index contributed by atoms with van der Waals surface area (Å²) in [5.74, 6) is 5.95. The summed E-state index contributed by atoms with van der Waals surface area (Å²) in [6, 6.07) is 1.96. The molecule has 0 amide bonds. The van der Waals surface area contributed by atoms with Crippen LogP contribution in [0.1, 0.15) is 31.9 Å². The maximum absolute atomic E-state index is 6.06. The Labute approximate surface area is 98.4 Å². The molecule has 0 aliphatic rings. The minimum atomic E-state index is 0.0799. The molecule has 2 unspecified atom stereocenters. The van der Waals surface area contributed by atoms with E-state index in [1.165, 1.54) is 11.3 Å². The van der Waals surface area contributed by atoms with E-state index in [0.717, 1.165) is 16.3 Å². The van der Waals surface area contributed by atoms with Crippen molar-refractivity contribution in [2.75, 3.05) is 0 Å². The van der Waals surface area contributed by atoms with Crippen LogP contribution >= 0.6 is 34.5 Å². The molecule has 0 spiro atoms. The largest absolute Gasteiger partial charge is 0.271 e. The lowest BCUT2D eigenvalue weighted by atomic mass is 9.95. The normalized spacial score (nSPS) is 15.5. The van der Waals surface area contributed by atoms with E-state index >= 15 is 0 Å². The molecule has 0 fully saturated rings. The summed E-state index contributed by atoms with van der Waals surface area (Å²) in [4.78, 5) is 0. The van der Waals surface area contributed by atoms with Gasteiger partial charge in [-0.2, -0.15) is 0 Å². The Morgan fingerprint density at radius 1 is 1.57 bits per heavy atom. The molecule has 0 saturated carbocycles. The first-order valence-corrected chi connectivity index (χ1v) is 6.08. The van der Waals surface area contributed by atoms with E-state index in [2.05, 4.69) is 19.3 Å². The molecular formula is C9H14Cl2N2S. The minimum Gasteiger partial charge on any atom is -0.271 e. The molecule has 0 aliphatic heterocycles. The number of thiophene rings is 1. The number of halogens is 2. The van der Waals surface area contributed by atoms with Gasteiger partial charge in [-0.05, 0) is 12.0 Å². The quantitative estimate of drug-likeness (QED) is 0.635. The van der Waals surface area contributed by atoms with Crippen molar-refractivity contribution in [3.63, 3.8) is 0 Å². The Balaban J connectivity index is 2.94. The topological polar surface area (TPSA) is 38.0 Å². The summed E-state index contributed by atoms with van der Waals surface area (Å²) in [7, 11) is 0. The van der Waals surface area contributed by atoms with Crippen molar-refractivity contribution in [1.82, 2.24) is 5.43 Å². The van der Waals surface area contributed by atoms with Gasteiger partial charge < -0.3 is 0 Å². The summed E-state index contributed by atoms with van der Waals surface area (Å²) in [6.07, 6.45) is 1.04. The Kier molecular flexibility index (Phi) is 4.67. The maximum atomic E-state index is 6.06. The minimum absolute atomic E-state index is 0.0799. The second-order valence-electron chi connectivity index (χ2n) is 3.31. The zero-order valence-corrected chi connectivity index (χ0v) is 10.5. The molecule has 80 valence electrons. The Morgan fingerprint density at radius 2 is 2.21 bits per heavy atom. The zero-order chi connectivity index (χ0) is 10.7. The van der Waals surface area contributed by atoms with Crippen molar-refractivity contribution in [3.05, 3.63) is 20.3 Å². The zero-order valence-electron chi connectivity index (χ0n) is 8.18. The van der Waals surface area contributed by atoms with Gasteiger partial charge in [-0.15, -0.1) is 11.3 Å². The highest BCUT2D eigenvalue weighted by molar-refractivity contribution is 7.20. The number of hydrogen-bond acceptors (Lipinski definition) is 3. The molecule has 0 aromatic carbocycles. The van der Waals surface area contributed by atoms with Crippen molar-refractivity contribution >= 4 is 34.5 Å². The molecule has 0 saturated heterocycles. The van der Waals surface area contributed by atoms with Crippen LogP contribution in [0.3, 0.4) is 0 Å². The van der Waals surface area contributed by atoms with Crippen molar-refractivity contribution in [2.24, 2.45) is 11.8 Å². The first-order chi connectivity index (χ1) is 6.60. The van der Waals surface area contributed by atoms with E-state index in [1.54, 1.807) is 0 Å². The van der Waals surface area contributed by atoms with Crippen LogP contribution in [0, 0.1) is 5.92 Å². The van der Waals surface area contributed by atoms with Gasteiger partial charge in [-0.3, -0.25) is 11.3 Å². The molecule has 3 N–H and O–H groups in total. The average molecular weight is 253 g/mol. The van der Waals surface area contributed by atoms with Crippen LogP contribution in [0.5, 0.6) is 0 Å². The summed E-state index contributed by atoms with van der Waals surface area (Å²) in [5, 5.41) is 0. The van der Waals surface area contributed by atoms with Crippen molar-refractivity contribution in [1.29, 1.82) is 0 Å². The van der Waals surface area contributed by atoms with Crippen LogP contribution in [0.4, 0.5) is 0 Å². The Hall–Kier alpha value is 0.200. The number of rotatable bonds is 4. The van der Waals surface area contributed by atoms with Gasteiger partial charge >= 0.3 is 0 Å². The van der Waals surface area contributed by atoms with Crippen molar-refractivity contribution in [2.45, 2.75) is 26.3 Å². The molecule has 0 bridgehead atoms. The molecule has 2 atom stereocenters. The highest BCUT2D eigenvalue weighted by Gasteiger charge is 2.21. The van der Waals surface area contributed by atoms with Crippen LogP contribution < -0.4 is 11.3 Å². The van der Waals surface area contributed by atoms with Crippen LogP contribution in [0.15, 0.2) is 6.07 Å². The second kappa shape index (κ2) is 5.33. The highest BCUT2D eigenvalue weighted by Crippen LogP contribution is 2.37. The average Bonchev–Trinajstić information content (AvgIpc) is 2.47. The summed E-state index contributed by atoms with van der Waals surface area (Å²) < 4.78 is 1.42. The van der Waals surface area contributed by atoms with Crippen LogP contribution in [0.2, 0.25) is 8.67 Å². The van der Waals surface area contributed by atoms with Gasteiger partial charge in [0.15, 0.2) is 0 Å². The van der Waals surface area contributed by atoms with Crippen LogP contribution in [-0.2, 0) is 0 Å². The van der Waals surface area contributed by atoms with Gasteiger partial charge in [0.1, 0.15) is 0 Å². The molecule has 1 rings (SSSR count). The third kappa shape index (κ3) is 2.61. The fourth-order valence-corrected chi connectivity index (χ4v) is 2.91. The number of hydrazine groups is 1. The third-order valence-corrected chi connectivity index (χ3v) is 3.93. The lowest BCUT2D eigenvalue weighted by Crippen LogP contribution is -2.32. The molecule has 1 aromatic heterocycles. The van der Waals surface area contributed by atoms with Gasteiger partial charge in [0.05, 0.1) is 14.7 Å². The lowest BCUT2D eigenvalue weighted by molar-refractivity contribution is 0.384. The standard InChI is InChI=1S/C9H14Cl2N2S/c1-3-5(2)8(13-12)6-4-7(10)14-9(6)11/h4-5,8,13H,3,12H2,1-2H3. The van der Waals surface area contributed by atoms with Crippen LogP contribution in [0.25, 0.3) is 0 Å². The monoisotopic (exact) mass is 252 g/mol. The first-order valence-electron chi connectivity index (χ1n) is 4.51. The predicted octanol–water partition coefficient (Wildman–Crippen LogP) is 3.61. The van der Waals surface area contributed by atoms with E-state index in [0.29, 0.717) is 10.3 Å². The lowest BCUT2D eigenvalue weighted by Gasteiger charge is -2.21. The fraction of sp³-hybridized carbons (Fsp3) is 0.556. The van der Waals surface area contributed by atoms with Crippen molar-refractivity contribution in [3.8, 4) is 0 Å². The molecule has 0 radical (unpaired) electrons. The van der Waals surface area contributed by atoms with Gasteiger partial charge in [0.2, 0.25) is 0 Å². The summed E-state index contributed by atoms with van der Waals surface area (Å²) >= 11 is 13.3. The molecule has 2 nitrogen and oxygen atoms in total. The predicted molar refractivity (Wildman–Crippen MR) is 63.9 cm³/mol. The SMILES string of the molecule is CCC(C)C(NN)c1cc(Cl)sc1Cl. The molecule has 1 heterocycles. The van der Waals surface area contributed by atoms with Gasteiger partial charge in [-0.1, -0.05) is 43.5 Å². The van der Waals surface area contributed by atoms with Gasteiger partial charge in [0.25, 0.3) is 0 Å². The number of nitrogens with one attached hydrogen (secondary N) is 1. The summed E-state index contributed by atoms with van der Waals surface area (Å²) in [6.45, 7) is 4.25. The number of nitrogens with two attached hydrogens (primary N) is 1. The highest BCUT2D eigenvalue weighted by atomic mass is 35.5. The molecule has 1 aromatic rings. The Bertz CT molecular complexity index is 301. The van der Waals surface area contributed by atoms with E-state index in [9.17, 15) is 0 Å². The van der Waals surface area contributed by atoms with E-state index in [-0.39, 0.29) is 6.04 Å². The first kappa shape index (κ1) is 12.3. The number of hydrogen-bond donors (Lipinski definition) is 2. The van der Waals surface area contributed by atoms with Crippen molar-refractivity contribution < 1.29 is 0 Å². The third-order valence-electron chi connectivity index (χ3n) is 2.41. The molecular weight excluding hydrogens is 239 g/mol. The molecule has 5 heteroatoms. The van der Waals surface area contributed by atoms with Crippen LogP contribution in [-0.4, -0.2) is 0 Å². The van der Waals surface area contributed by atoms with Gasteiger partial charge in [0, 0.05) is 5.56 Å². The van der Waals surface area contributed by atoms with E-state index < -0.39 is 0 Å². The maximum Gasteiger partial charge on any atom is 0.0992 e. The summed E-state index contributed by atoms with van der Waals surface area (Å²) in [5.41, 5.74) is 3.79. The molecule has 14 heavy (non-hydrogen) atoms. The molecule has 0 aliphatic carbocycles. The Morgan fingerprint density at radius 3 is 2.57 bits per heavy atom. The second-order valence-corrected chi connectivity index (χ2v) is 5.60. The van der Waals surface area contributed by atoms with E-state index in [1.807, 2.05) is 6.07 Å². The smallest absolute Gasteiger partial charge is 0.0992 e. The van der Waals surface area contributed by atoms with Gasteiger partial charge in [-0.25, -0.2) is 0 Å². The van der Waals surface area contributed by atoms with E-state index in [4.69, 9.17) is 29.0 Å².